The van der Waals surface area contributed by atoms with Crippen LogP contribution < -0.4 is 5.32 Å². The molecule has 138 valence electrons. The molecule has 2 heterocycles. The Balaban J connectivity index is 1.82. The van der Waals surface area contributed by atoms with Crippen LogP contribution in [0, 0.1) is 6.92 Å². The molecule has 1 N–H and O–H groups in total. The smallest absolute Gasteiger partial charge is 0.257 e. The highest BCUT2D eigenvalue weighted by Crippen LogP contribution is 2.32. The summed E-state index contributed by atoms with van der Waals surface area (Å²) < 4.78 is 0. The molecule has 0 aliphatic carbocycles. The second-order valence-corrected chi connectivity index (χ2v) is 8.21. The first-order chi connectivity index (χ1) is 13.1. The molecule has 1 saturated heterocycles. The third-order valence-electron chi connectivity index (χ3n) is 4.76. The van der Waals surface area contributed by atoms with Crippen LogP contribution in [0.1, 0.15) is 15.9 Å². The van der Waals surface area contributed by atoms with Crippen molar-refractivity contribution in [3.8, 4) is 0 Å². The van der Waals surface area contributed by atoms with Gasteiger partial charge < -0.3 is 10.2 Å². The number of hydrogen-bond donors (Lipinski definition) is 1. The number of aryl methyl sites for hydroxylation is 1. The fraction of sp³-hybridized carbons (Fsp3) is 0.238. The molecule has 2 aromatic carbocycles. The molecule has 3 aromatic rings. The molecule has 0 bridgehead atoms. The van der Waals surface area contributed by atoms with Crippen LogP contribution in [0.5, 0.6) is 0 Å². The zero-order valence-electron chi connectivity index (χ0n) is 15.0. The number of pyridine rings is 1. The van der Waals surface area contributed by atoms with Crippen molar-refractivity contribution >= 4 is 51.5 Å². The standard InChI is InChI=1S/C21H20ClN3OS/c1-14-6-7-15(22)12-19(14)24-20-16-4-2-3-5-18(16)23-13-17(20)21(26)25-8-10-27-11-9-25/h2-7,12-13H,8-11H2,1H3,(H,23,24). The van der Waals surface area contributed by atoms with Gasteiger partial charge in [-0.2, -0.15) is 11.8 Å². The fourth-order valence-electron chi connectivity index (χ4n) is 3.24. The lowest BCUT2D eigenvalue weighted by Gasteiger charge is -2.27. The third-order valence-corrected chi connectivity index (χ3v) is 5.94. The lowest BCUT2D eigenvalue weighted by molar-refractivity contribution is 0.0773. The number of nitrogens with zero attached hydrogens (tertiary/aromatic N) is 2. The maximum Gasteiger partial charge on any atom is 0.257 e. The van der Waals surface area contributed by atoms with Crippen LogP contribution in [-0.4, -0.2) is 40.4 Å². The Labute approximate surface area is 167 Å². The fourth-order valence-corrected chi connectivity index (χ4v) is 4.31. The van der Waals surface area contributed by atoms with Gasteiger partial charge in [0.15, 0.2) is 0 Å². The molecule has 1 aromatic heterocycles. The molecule has 6 heteroatoms. The topological polar surface area (TPSA) is 45.2 Å². The van der Waals surface area contributed by atoms with Crippen LogP contribution in [0.3, 0.4) is 0 Å². The van der Waals surface area contributed by atoms with Crippen molar-refractivity contribution in [2.45, 2.75) is 6.92 Å². The van der Waals surface area contributed by atoms with E-state index in [9.17, 15) is 4.79 Å². The molecule has 0 unspecified atom stereocenters. The minimum absolute atomic E-state index is 0.0238. The number of aromatic nitrogens is 1. The highest BCUT2D eigenvalue weighted by molar-refractivity contribution is 7.99. The largest absolute Gasteiger partial charge is 0.354 e. The summed E-state index contributed by atoms with van der Waals surface area (Å²) in [5.74, 6) is 1.97. The van der Waals surface area contributed by atoms with Gasteiger partial charge in [-0.25, -0.2) is 0 Å². The molecular weight excluding hydrogens is 378 g/mol. The van der Waals surface area contributed by atoms with Gasteiger partial charge >= 0.3 is 0 Å². The normalized spacial score (nSPS) is 14.4. The number of amides is 1. The van der Waals surface area contributed by atoms with Gasteiger partial charge in [0.2, 0.25) is 0 Å². The number of rotatable bonds is 3. The summed E-state index contributed by atoms with van der Waals surface area (Å²) in [6, 6.07) is 13.6. The van der Waals surface area contributed by atoms with Crippen LogP contribution in [0.2, 0.25) is 5.02 Å². The van der Waals surface area contributed by atoms with E-state index in [2.05, 4.69) is 10.3 Å². The first-order valence-electron chi connectivity index (χ1n) is 8.91. The van der Waals surface area contributed by atoms with Crippen LogP contribution >= 0.6 is 23.4 Å². The predicted octanol–water partition coefficient (Wildman–Crippen LogP) is 5.13. The monoisotopic (exact) mass is 397 g/mol. The van der Waals surface area contributed by atoms with E-state index in [1.807, 2.05) is 66.1 Å². The SMILES string of the molecule is Cc1ccc(Cl)cc1Nc1c(C(=O)N2CCSCC2)cnc2ccccc12. The molecular formula is C21H20ClN3OS. The number of para-hydroxylation sites is 1. The van der Waals surface area contributed by atoms with Gasteiger partial charge in [-0.1, -0.05) is 35.9 Å². The Morgan fingerprint density at radius 1 is 1.19 bits per heavy atom. The predicted molar refractivity (Wildman–Crippen MR) is 114 cm³/mol. The molecule has 4 rings (SSSR count). The highest BCUT2D eigenvalue weighted by Gasteiger charge is 2.23. The molecule has 4 nitrogen and oxygen atoms in total. The van der Waals surface area contributed by atoms with Crippen LogP contribution in [0.15, 0.2) is 48.7 Å². The number of carbonyl (C=O) groups is 1. The van der Waals surface area contributed by atoms with Gasteiger partial charge in [0, 0.05) is 46.9 Å². The number of benzene rings is 2. The Hall–Kier alpha value is -2.24. The van der Waals surface area contributed by atoms with Crippen LogP contribution in [0.4, 0.5) is 11.4 Å². The van der Waals surface area contributed by atoms with E-state index in [1.165, 1.54) is 0 Å². The molecule has 0 spiro atoms. The molecule has 0 saturated carbocycles. The van der Waals surface area contributed by atoms with E-state index < -0.39 is 0 Å². The Morgan fingerprint density at radius 3 is 2.78 bits per heavy atom. The Kier molecular flexibility index (Phi) is 5.23. The minimum atomic E-state index is 0.0238. The van der Waals surface area contributed by atoms with E-state index in [0.717, 1.165) is 52.4 Å². The Bertz CT molecular complexity index is 1000. The molecule has 1 aliphatic rings. The molecule has 0 radical (unpaired) electrons. The van der Waals surface area contributed by atoms with Gasteiger partial charge in [-0.3, -0.25) is 9.78 Å². The molecule has 1 amide bonds. The Morgan fingerprint density at radius 2 is 1.96 bits per heavy atom. The highest BCUT2D eigenvalue weighted by atomic mass is 35.5. The lowest BCUT2D eigenvalue weighted by atomic mass is 10.1. The first kappa shape index (κ1) is 18.1. The van der Waals surface area contributed by atoms with Crippen molar-refractivity contribution in [3.63, 3.8) is 0 Å². The second kappa shape index (κ2) is 7.79. The lowest BCUT2D eigenvalue weighted by Crippen LogP contribution is -2.38. The summed E-state index contributed by atoms with van der Waals surface area (Å²) in [7, 11) is 0. The molecule has 1 aliphatic heterocycles. The van der Waals surface area contributed by atoms with Crippen molar-refractivity contribution in [2.24, 2.45) is 0 Å². The van der Waals surface area contributed by atoms with Crippen LogP contribution in [0.25, 0.3) is 10.9 Å². The quantitative estimate of drug-likeness (QED) is 0.665. The second-order valence-electron chi connectivity index (χ2n) is 6.55. The molecule has 0 atom stereocenters. The summed E-state index contributed by atoms with van der Waals surface area (Å²) in [6.07, 6.45) is 1.69. The number of nitrogens with one attached hydrogen (secondary N) is 1. The molecule has 1 fully saturated rings. The van der Waals surface area contributed by atoms with Gasteiger partial charge in [0.1, 0.15) is 0 Å². The van der Waals surface area contributed by atoms with E-state index in [1.54, 1.807) is 6.20 Å². The van der Waals surface area contributed by atoms with E-state index in [0.29, 0.717) is 10.6 Å². The van der Waals surface area contributed by atoms with Gasteiger partial charge in [-0.05, 0) is 30.7 Å². The van der Waals surface area contributed by atoms with Crippen molar-refractivity contribution in [1.29, 1.82) is 0 Å². The zero-order valence-corrected chi connectivity index (χ0v) is 16.6. The molecule has 27 heavy (non-hydrogen) atoms. The van der Waals surface area contributed by atoms with Crippen molar-refractivity contribution in [2.75, 3.05) is 29.9 Å². The van der Waals surface area contributed by atoms with Gasteiger partial charge in [-0.15, -0.1) is 0 Å². The number of thioether (sulfide) groups is 1. The average molecular weight is 398 g/mol. The number of hydrogen-bond acceptors (Lipinski definition) is 4. The van der Waals surface area contributed by atoms with Crippen molar-refractivity contribution in [1.82, 2.24) is 9.88 Å². The maximum absolute atomic E-state index is 13.2. The van der Waals surface area contributed by atoms with E-state index in [4.69, 9.17) is 11.6 Å². The minimum Gasteiger partial charge on any atom is -0.354 e. The van der Waals surface area contributed by atoms with Crippen molar-refractivity contribution in [3.05, 3.63) is 64.8 Å². The summed E-state index contributed by atoms with van der Waals surface area (Å²) >= 11 is 8.08. The summed E-state index contributed by atoms with van der Waals surface area (Å²) in [5, 5.41) is 5.05. The zero-order chi connectivity index (χ0) is 18.8. The number of carbonyl (C=O) groups excluding carboxylic acids is 1. The third kappa shape index (κ3) is 3.75. The number of anilines is 2. The summed E-state index contributed by atoms with van der Waals surface area (Å²) in [5.41, 5.74) is 4.19. The first-order valence-corrected chi connectivity index (χ1v) is 10.4. The summed E-state index contributed by atoms with van der Waals surface area (Å²) in [4.78, 5) is 19.7. The average Bonchev–Trinajstić information content (AvgIpc) is 2.71. The van der Waals surface area contributed by atoms with Crippen LogP contribution in [-0.2, 0) is 0 Å². The van der Waals surface area contributed by atoms with Gasteiger partial charge in [0.05, 0.1) is 16.8 Å². The number of halogens is 1. The van der Waals surface area contributed by atoms with Crippen molar-refractivity contribution < 1.29 is 4.79 Å². The number of fused-ring (bicyclic) bond motifs is 1. The van der Waals surface area contributed by atoms with E-state index in [-0.39, 0.29) is 5.91 Å². The maximum atomic E-state index is 13.2. The van der Waals surface area contributed by atoms with E-state index >= 15 is 0 Å². The summed E-state index contributed by atoms with van der Waals surface area (Å²) in [6.45, 7) is 3.56. The van der Waals surface area contributed by atoms with Gasteiger partial charge in [0.25, 0.3) is 5.91 Å².